The minimum Gasteiger partial charge on any atom is -0.349 e. The fraction of sp³-hybridized carbons (Fsp3) is 0.636. The minimum absolute atomic E-state index is 0.175. The predicted molar refractivity (Wildman–Crippen MR) is 64.3 cm³/mol. The summed E-state index contributed by atoms with van der Waals surface area (Å²) >= 11 is 1.60. The first-order valence-corrected chi connectivity index (χ1v) is 6.53. The summed E-state index contributed by atoms with van der Waals surface area (Å²) in [5, 5.41) is 9.21. The van der Waals surface area contributed by atoms with Crippen LogP contribution in [0.5, 0.6) is 0 Å². The zero-order chi connectivity index (χ0) is 11.4. The highest BCUT2D eigenvalue weighted by molar-refractivity contribution is 7.09. The highest BCUT2D eigenvalue weighted by Gasteiger charge is 2.20. The smallest absolute Gasteiger partial charge is 0.223 e. The quantitative estimate of drug-likeness (QED) is 0.829. The summed E-state index contributed by atoms with van der Waals surface area (Å²) in [6.45, 7) is 4.44. The topological polar surface area (TPSA) is 54.0 Å². The first kappa shape index (κ1) is 11.5. The fourth-order valence-electron chi connectivity index (χ4n) is 1.88. The van der Waals surface area contributed by atoms with Crippen LogP contribution in [0.2, 0.25) is 0 Å². The molecule has 2 N–H and O–H groups in total. The number of carbonyl (C=O) groups excluding carboxylic acids is 1. The molecule has 2 rings (SSSR count). The molecular weight excluding hydrogens is 222 g/mol. The highest BCUT2D eigenvalue weighted by atomic mass is 32.1. The number of thiazole rings is 1. The lowest BCUT2D eigenvalue weighted by Crippen LogP contribution is -2.37. The molecule has 1 aromatic heterocycles. The van der Waals surface area contributed by atoms with Gasteiger partial charge in [-0.25, -0.2) is 4.98 Å². The molecule has 1 aliphatic rings. The van der Waals surface area contributed by atoms with Gasteiger partial charge in [0.15, 0.2) is 0 Å². The van der Waals surface area contributed by atoms with Crippen molar-refractivity contribution in [1.82, 2.24) is 15.6 Å². The van der Waals surface area contributed by atoms with Gasteiger partial charge in [-0.1, -0.05) is 0 Å². The molecule has 4 nitrogen and oxygen atoms in total. The van der Waals surface area contributed by atoms with Gasteiger partial charge in [-0.15, -0.1) is 11.3 Å². The molecular formula is C11H17N3OS. The van der Waals surface area contributed by atoms with Crippen LogP contribution in [0.15, 0.2) is 5.38 Å². The summed E-state index contributed by atoms with van der Waals surface area (Å²) in [6.07, 6.45) is 1.89. The molecule has 0 spiro atoms. The first-order chi connectivity index (χ1) is 7.75. The molecule has 16 heavy (non-hydrogen) atoms. The zero-order valence-corrected chi connectivity index (χ0v) is 10.3. The lowest BCUT2D eigenvalue weighted by Gasteiger charge is -2.21. The zero-order valence-electron chi connectivity index (χ0n) is 9.45. The Kier molecular flexibility index (Phi) is 3.90. The number of nitrogens with one attached hydrogen (secondary N) is 2. The summed E-state index contributed by atoms with van der Waals surface area (Å²) in [4.78, 5) is 16.1. The molecule has 1 fully saturated rings. The van der Waals surface area contributed by atoms with Crippen LogP contribution < -0.4 is 10.6 Å². The Hall–Kier alpha value is -0.940. The van der Waals surface area contributed by atoms with E-state index < -0.39 is 0 Å². The average Bonchev–Trinajstić information content (AvgIpc) is 2.73. The van der Waals surface area contributed by atoms with Crippen LogP contribution in [0.3, 0.4) is 0 Å². The number of aromatic nitrogens is 1. The molecule has 0 saturated carbocycles. The highest BCUT2D eigenvalue weighted by Crippen LogP contribution is 2.12. The van der Waals surface area contributed by atoms with Gasteiger partial charge in [0, 0.05) is 17.0 Å². The van der Waals surface area contributed by atoms with E-state index >= 15 is 0 Å². The van der Waals surface area contributed by atoms with Gasteiger partial charge in [0.25, 0.3) is 0 Å². The molecule has 0 bridgehead atoms. The van der Waals surface area contributed by atoms with E-state index in [-0.39, 0.29) is 11.8 Å². The monoisotopic (exact) mass is 239 g/mol. The number of piperidine rings is 1. The maximum absolute atomic E-state index is 11.8. The second kappa shape index (κ2) is 5.41. The Morgan fingerprint density at radius 3 is 3.00 bits per heavy atom. The van der Waals surface area contributed by atoms with Crippen molar-refractivity contribution in [2.45, 2.75) is 26.3 Å². The Labute approximate surface area is 99.5 Å². The minimum atomic E-state index is 0.175. The Morgan fingerprint density at radius 2 is 2.38 bits per heavy atom. The van der Waals surface area contributed by atoms with Crippen molar-refractivity contribution in [3.63, 3.8) is 0 Å². The summed E-state index contributed by atoms with van der Waals surface area (Å²) in [6, 6.07) is 0. The standard InChI is InChI=1S/C11H17N3OS/c1-8-7-16-10(14-8)6-13-11(15)9-2-4-12-5-3-9/h7,9,12H,2-6H2,1H3,(H,13,15). The second-order valence-electron chi connectivity index (χ2n) is 4.12. The van der Waals surface area contributed by atoms with Crippen molar-refractivity contribution in [3.8, 4) is 0 Å². The third-order valence-electron chi connectivity index (χ3n) is 2.79. The van der Waals surface area contributed by atoms with E-state index in [9.17, 15) is 4.79 Å². The van der Waals surface area contributed by atoms with Gasteiger partial charge in [0.1, 0.15) is 5.01 Å². The summed E-state index contributed by atoms with van der Waals surface area (Å²) in [5.74, 6) is 0.358. The Morgan fingerprint density at radius 1 is 1.62 bits per heavy atom. The van der Waals surface area contributed by atoms with E-state index in [1.165, 1.54) is 0 Å². The summed E-state index contributed by atoms with van der Waals surface area (Å²) in [7, 11) is 0. The molecule has 1 aliphatic heterocycles. The third-order valence-corrected chi connectivity index (χ3v) is 3.76. The molecule has 0 atom stereocenters. The largest absolute Gasteiger partial charge is 0.349 e. The van der Waals surface area contributed by atoms with E-state index in [1.54, 1.807) is 11.3 Å². The maximum Gasteiger partial charge on any atom is 0.223 e. The van der Waals surface area contributed by atoms with Gasteiger partial charge in [-0.05, 0) is 32.9 Å². The van der Waals surface area contributed by atoms with Crippen LogP contribution in [-0.2, 0) is 11.3 Å². The molecule has 0 aromatic carbocycles. The fourth-order valence-corrected chi connectivity index (χ4v) is 2.59. The molecule has 1 amide bonds. The van der Waals surface area contributed by atoms with Crippen molar-refractivity contribution in [2.75, 3.05) is 13.1 Å². The predicted octanol–water partition coefficient (Wildman–Crippen LogP) is 1.07. The van der Waals surface area contributed by atoms with Crippen molar-refractivity contribution >= 4 is 17.2 Å². The lowest BCUT2D eigenvalue weighted by molar-refractivity contribution is -0.125. The molecule has 88 valence electrons. The van der Waals surface area contributed by atoms with Gasteiger partial charge >= 0.3 is 0 Å². The van der Waals surface area contributed by atoms with Crippen molar-refractivity contribution in [3.05, 3.63) is 16.1 Å². The van der Waals surface area contributed by atoms with Crippen LogP contribution in [0.25, 0.3) is 0 Å². The second-order valence-corrected chi connectivity index (χ2v) is 5.07. The lowest BCUT2D eigenvalue weighted by atomic mass is 9.97. The van der Waals surface area contributed by atoms with E-state index in [0.29, 0.717) is 6.54 Å². The summed E-state index contributed by atoms with van der Waals surface area (Å²) in [5.41, 5.74) is 1.02. The normalized spacial score (nSPS) is 17.3. The molecule has 1 aromatic rings. The first-order valence-electron chi connectivity index (χ1n) is 5.65. The van der Waals surface area contributed by atoms with Crippen LogP contribution >= 0.6 is 11.3 Å². The van der Waals surface area contributed by atoms with Crippen LogP contribution in [-0.4, -0.2) is 24.0 Å². The molecule has 0 radical (unpaired) electrons. The van der Waals surface area contributed by atoms with Crippen molar-refractivity contribution in [1.29, 1.82) is 0 Å². The average molecular weight is 239 g/mol. The SMILES string of the molecule is Cc1csc(CNC(=O)C2CCNCC2)n1. The number of carbonyl (C=O) groups is 1. The number of hydrogen-bond donors (Lipinski definition) is 2. The van der Waals surface area contributed by atoms with E-state index in [1.807, 2.05) is 12.3 Å². The summed E-state index contributed by atoms with van der Waals surface area (Å²) < 4.78 is 0. The molecule has 2 heterocycles. The molecule has 0 aliphatic carbocycles. The number of aryl methyl sites for hydroxylation is 1. The van der Waals surface area contributed by atoms with E-state index in [4.69, 9.17) is 0 Å². The molecule has 1 saturated heterocycles. The Balaban J connectivity index is 1.78. The van der Waals surface area contributed by atoms with Crippen LogP contribution in [0.4, 0.5) is 0 Å². The van der Waals surface area contributed by atoms with Gasteiger partial charge in [0.2, 0.25) is 5.91 Å². The van der Waals surface area contributed by atoms with Gasteiger partial charge in [-0.3, -0.25) is 4.79 Å². The van der Waals surface area contributed by atoms with E-state index in [0.717, 1.165) is 36.6 Å². The number of amides is 1. The van der Waals surface area contributed by atoms with Gasteiger partial charge < -0.3 is 10.6 Å². The van der Waals surface area contributed by atoms with Crippen molar-refractivity contribution in [2.24, 2.45) is 5.92 Å². The van der Waals surface area contributed by atoms with E-state index in [2.05, 4.69) is 15.6 Å². The maximum atomic E-state index is 11.8. The molecule has 5 heteroatoms. The number of rotatable bonds is 3. The van der Waals surface area contributed by atoms with Gasteiger partial charge in [-0.2, -0.15) is 0 Å². The van der Waals surface area contributed by atoms with Crippen molar-refractivity contribution < 1.29 is 4.79 Å². The van der Waals surface area contributed by atoms with Gasteiger partial charge in [0.05, 0.1) is 6.54 Å². The van der Waals surface area contributed by atoms with Crippen LogP contribution in [0, 0.1) is 12.8 Å². The Bertz CT molecular complexity index is 358. The molecule has 0 unspecified atom stereocenters. The van der Waals surface area contributed by atoms with Crippen LogP contribution in [0.1, 0.15) is 23.5 Å². The number of nitrogens with zero attached hydrogens (tertiary/aromatic N) is 1. The third kappa shape index (κ3) is 3.02. The number of hydrogen-bond acceptors (Lipinski definition) is 4.